The van der Waals surface area contributed by atoms with Crippen LogP contribution in [0.4, 0.5) is 8.78 Å². The fourth-order valence-electron chi connectivity index (χ4n) is 2.53. The van der Waals surface area contributed by atoms with Crippen molar-refractivity contribution in [2.45, 2.75) is 38.3 Å². The molecule has 0 aliphatic heterocycles. The van der Waals surface area contributed by atoms with Gasteiger partial charge in [0.05, 0.1) is 12.1 Å². The number of aliphatic hydroxyl groups is 1. The quantitative estimate of drug-likeness (QED) is 0.808. The first kappa shape index (κ1) is 15.2. The van der Waals surface area contributed by atoms with Crippen molar-refractivity contribution in [2.75, 3.05) is 13.2 Å². The Morgan fingerprint density at radius 3 is 2.35 bits per heavy atom. The van der Waals surface area contributed by atoms with Gasteiger partial charge >= 0.3 is 0 Å². The van der Waals surface area contributed by atoms with E-state index in [1.165, 1.54) is 0 Å². The Labute approximate surface area is 117 Å². The van der Waals surface area contributed by atoms with Crippen LogP contribution >= 0.6 is 0 Å². The number of ether oxygens (including phenoxy) is 1. The zero-order chi connectivity index (χ0) is 14.8. The lowest BCUT2D eigenvalue weighted by molar-refractivity contribution is 0.0776. The van der Waals surface area contributed by atoms with E-state index in [-0.39, 0.29) is 25.0 Å². The molecule has 1 aliphatic rings. The van der Waals surface area contributed by atoms with Crippen LogP contribution in [0.3, 0.4) is 0 Å². The molecular weight excluding hydrogens is 264 g/mol. The van der Waals surface area contributed by atoms with Gasteiger partial charge < -0.3 is 15.2 Å². The van der Waals surface area contributed by atoms with E-state index >= 15 is 0 Å². The molecule has 5 heteroatoms. The Morgan fingerprint density at radius 1 is 1.30 bits per heavy atom. The van der Waals surface area contributed by atoms with Gasteiger partial charge in [0.15, 0.2) is 0 Å². The van der Waals surface area contributed by atoms with Crippen LogP contribution in [0.25, 0.3) is 0 Å². The van der Waals surface area contributed by atoms with Gasteiger partial charge in [0.25, 0.3) is 0 Å². The molecule has 1 atom stereocenters. The van der Waals surface area contributed by atoms with Gasteiger partial charge in [0.2, 0.25) is 0 Å². The minimum Gasteiger partial charge on any atom is -0.491 e. The van der Waals surface area contributed by atoms with Crippen molar-refractivity contribution in [2.24, 2.45) is 5.92 Å². The third kappa shape index (κ3) is 3.67. The first-order valence-electron chi connectivity index (χ1n) is 6.92. The maximum Gasteiger partial charge on any atom is 0.129 e. The molecule has 0 heterocycles. The summed E-state index contributed by atoms with van der Waals surface area (Å²) in [6, 6.07) is 3.29. The molecule has 1 saturated carbocycles. The van der Waals surface area contributed by atoms with Crippen molar-refractivity contribution in [3.05, 3.63) is 29.8 Å². The lowest BCUT2D eigenvalue weighted by Crippen LogP contribution is -2.57. The predicted molar refractivity (Wildman–Crippen MR) is 72.7 cm³/mol. The Hall–Kier alpha value is -1.20. The van der Waals surface area contributed by atoms with Crippen molar-refractivity contribution in [3.8, 4) is 5.75 Å². The molecule has 0 aromatic heterocycles. The molecule has 112 valence electrons. The Bertz CT molecular complexity index is 443. The highest BCUT2D eigenvalue weighted by Crippen LogP contribution is 2.40. The monoisotopic (exact) mass is 285 g/mol. The van der Waals surface area contributed by atoms with Crippen LogP contribution in [-0.2, 0) is 0 Å². The molecule has 0 radical (unpaired) electrons. The number of nitrogens with one attached hydrogen (secondary N) is 1. The lowest BCUT2D eigenvalue weighted by atomic mass is 9.94. The van der Waals surface area contributed by atoms with Crippen LogP contribution < -0.4 is 10.1 Å². The van der Waals surface area contributed by atoms with E-state index in [4.69, 9.17) is 4.74 Å². The topological polar surface area (TPSA) is 41.5 Å². The third-order valence-corrected chi connectivity index (χ3v) is 3.55. The molecule has 3 nitrogen and oxygen atoms in total. The summed E-state index contributed by atoms with van der Waals surface area (Å²) in [5.41, 5.74) is -0.545. The SMILES string of the molecule is CC(C)NC(CO)(COc1cc(F)cc(F)c1)C1CC1. The second-order valence-corrected chi connectivity index (χ2v) is 5.78. The Morgan fingerprint density at radius 2 is 1.90 bits per heavy atom. The summed E-state index contributed by atoms with van der Waals surface area (Å²) in [7, 11) is 0. The van der Waals surface area contributed by atoms with E-state index in [0.29, 0.717) is 5.92 Å². The Kier molecular flexibility index (Phi) is 4.60. The number of hydrogen-bond acceptors (Lipinski definition) is 3. The summed E-state index contributed by atoms with van der Waals surface area (Å²) in [5, 5.41) is 13.1. The molecule has 1 aromatic rings. The standard InChI is InChI=1S/C15H21F2NO2/c1-10(2)18-15(8-19,11-3-4-11)9-20-14-6-12(16)5-13(17)7-14/h5-7,10-11,18-19H,3-4,8-9H2,1-2H3. The van der Waals surface area contributed by atoms with Crippen molar-refractivity contribution in [1.82, 2.24) is 5.32 Å². The number of aliphatic hydroxyl groups excluding tert-OH is 1. The molecule has 1 fully saturated rings. The molecule has 20 heavy (non-hydrogen) atoms. The van der Waals surface area contributed by atoms with Crippen LogP contribution in [0.1, 0.15) is 26.7 Å². The maximum absolute atomic E-state index is 13.1. The van der Waals surface area contributed by atoms with Gasteiger partial charge in [0.1, 0.15) is 24.0 Å². The number of rotatable bonds is 7. The van der Waals surface area contributed by atoms with Crippen molar-refractivity contribution < 1.29 is 18.6 Å². The van der Waals surface area contributed by atoms with E-state index in [1.54, 1.807) is 0 Å². The molecule has 0 bridgehead atoms. The third-order valence-electron chi connectivity index (χ3n) is 3.55. The molecule has 1 aliphatic carbocycles. The molecule has 1 unspecified atom stereocenters. The minimum absolute atomic E-state index is 0.0619. The zero-order valence-corrected chi connectivity index (χ0v) is 11.8. The van der Waals surface area contributed by atoms with Gasteiger partial charge in [-0.25, -0.2) is 8.78 Å². The summed E-state index contributed by atoms with van der Waals surface area (Å²) >= 11 is 0. The van der Waals surface area contributed by atoms with E-state index in [0.717, 1.165) is 31.0 Å². The maximum atomic E-state index is 13.1. The highest BCUT2D eigenvalue weighted by molar-refractivity contribution is 5.24. The largest absolute Gasteiger partial charge is 0.491 e. The minimum atomic E-state index is -0.669. The van der Waals surface area contributed by atoms with Crippen molar-refractivity contribution >= 4 is 0 Å². The second kappa shape index (κ2) is 6.06. The summed E-state index contributed by atoms with van der Waals surface area (Å²) in [5.74, 6) is -0.851. The van der Waals surface area contributed by atoms with Gasteiger partial charge in [-0.1, -0.05) is 13.8 Å². The second-order valence-electron chi connectivity index (χ2n) is 5.78. The van der Waals surface area contributed by atoms with Crippen LogP contribution in [0.15, 0.2) is 18.2 Å². The van der Waals surface area contributed by atoms with Gasteiger partial charge in [-0.05, 0) is 18.8 Å². The lowest BCUT2D eigenvalue weighted by Gasteiger charge is -2.35. The van der Waals surface area contributed by atoms with E-state index in [1.807, 2.05) is 13.8 Å². The van der Waals surface area contributed by atoms with Gasteiger partial charge in [-0.15, -0.1) is 0 Å². The summed E-state index contributed by atoms with van der Waals surface area (Å²) in [6.45, 7) is 4.12. The molecule has 0 spiro atoms. The van der Waals surface area contributed by atoms with E-state index < -0.39 is 17.2 Å². The molecular formula is C15H21F2NO2. The molecule has 2 rings (SSSR count). The average molecular weight is 285 g/mol. The van der Waals surface area contributed by atoms with Crippen LogP contribution in [0.5, 0.6) is 5.75 Å². The highest BCUT2D eigenvalue weighted by Gasteiger charge is 2.45. The summed E-state index contributed by atoms with van der Waals surface area (Å²) < 4.78 is 31.8. The first-order valence-corrected chi connectivity index (χ1v) is 6.92. The summed E-state index contributed by atoms with van der Waals surface area (Å²) in [4.78, 5) is 0. The van der Waals surface area contributed by atoms with Crippen LogP contribution in [0, 0.1) is 17.6 Å². The van der Waals surface area contributed by atoms with Gasteiger partial charge in [-0.2, -0.15) is 0 Å². The predicted octanol–water partition coefficient (Wildman–Crippen LogP) is 2.48. The molecule has 1 aromatic carbocycles. The molecule has 0 saturated heterocycles. The van der Waals surface area contributed by atoms with E-state index in [2.05, 4.69) is 5.32 Å². The van der Waals surface area contributed by atoms with Gasteiger partial charge in [-0.3, -0.25) is 0 Å². The fraction of sp³-hybridized carbons (Fsp3) is 0.600. The van der Waals surface area contributed by atoms with Crippen LogP contribution in [-0.4, -0.2) is 29.9 Å². The molecule has 0 amide bonds. The number of halogens is 2. The normalized spacial score (nSPS) is 18.1. The number of benzene rings is 1. The smallest absolute Gasteiger partial charge is 0.129 e. The van der Waals surface area contributed by atoms with Gasteiger partial charge in [0, 0.05) is 24.2 Å². The van der Waals surface area contributed by atoms with E-state index in [9.17, 15) is 13.9 Å². The highest BCUT2D eigenvalue weighted by atomic mass is 19.1. The Balaban J connectivity index is 2.08. The number of hydrogen-bond donors (Lipinski definition) is 2. The average Bonchev–Trinajstić information content (AvgIpc) is 3.17. The fourth-order valence-corrected chi connectivity index (χ4v) is 2.53. The van der Waals surface area contributed by atoms with Crippen molar-refractivity contribution in [3.63, 3.8) is 0 Å². The summed E-state index contributed by atoms with van der Waals surface area (Å²) in [6.07, 6.45) is 2.06. The zero-order valence-electron chi connectivity index (χ0n) is 11.8. The first-order chi connectivity index (χ1) is 9.45. The van der Waals surface area contributed by atoms with Crippen LogP contribution in [0.2, 0.25) is 0 Å². The molecule has 2 N–H and O–H groups in total. The van der Waals surface area contributed by atoms with Crippen molar-refractivity contribution in [1.29, 1.82) is 0 Å².